The Kier molecular flexibility index (Phi) is 6.80. The molecule has 0 saturated carbocycles. The number of anilines is 2. The molecule has 7 heteroatoms. The van der Waals surface area contributed by atoms with E-state index in [2.05, 4.69) is 10.2 Å². The molecule has 6 nitrogen and oxygen atoms in total. The van der Waals surface area contributed by atoms with E-state index in [9.17, 15) is 9.18 Å². The van der Waals surface area contributed by atoms with E-state index in [1.165, 1.54) is 6.07 Å². The summed E-state index contributed by atoms with van der Waals surface area (Å²) < 4.78 is 30.4. The number of para-hydroxylation sites is 1. The minimum atomic E-state index is -0.421. The molecular formula is C22H27FN2O4. The van der Waals surface area contributed by atoms with E-state index < -0.39 is 5.82 Å². The SMILES string of the molecule is COc1cc(CCC(=O)Nc2c(F)cccc2N2CCCC2)cc(OC)c1OC. The first-order chi connectivity index (χ1) is 14.1. The van der Waals surface area contributed by atoms with Crippen molar-refractivity contribution in [2.24, 2.45) is 0 Å². The van der Waals surface area contributed by atoms with Gasteiger partial charge in [0, 0.05) is 19.5 Å². The highest BCUT2D eigenvalue weighted by Gasteiger charge is 2.20. The molecule has 0 aliphatic carbocycles. The maximum atomic E-state index is 14.4. The van der Waals surface area contributed by atoms with Crippen molar-refractivity contribution in [2.75, 3.05) is 44.6 Å². The molecule has 156 valence electrons. The highest BCUT2D eigenvalue weighted by molar-refractivity contribution is 5.94. The minimum Gasteiger partial charge on any atom is -0.493 e. The van der Waals surface area contributed by atoms with Gasteiger partial charge in [-0.25, -0.2) is 4.39 Å². The van der Waals surface area contributed by atoms with Gasteiger partial charge in [0.25, 0.3) is 0 Å². The summed E-state index contributed by atoms with van der Waals surface area (Å²) in [6.45, 7) is 1.75. The van der Waals surface area contributed by atoms with Crippen LogP contribution >= 0.6 is 0 Å². The number of amides is 1. The first kappa shape index (κ1) is 20.8. The zero-order chi connectivity index (χ0) is 20.8. The summed E-state index contributed by atoms with van der Waals surface area (Å²) >= 11 is 0. The predicted molar refractivity (Wildman–Crippen MR) is 111 cm³/mol. The average molecular weight is 402 g/mol. The first-order valence-corrected chi connectivity index (χ1v) is 9.69. The van der Waals surface area contributed by atoms with Gasteiger partial charge in [-0.1, -0.05) is 6.07 Å². The third kappa shape index (κ3) is 4.72. The number of benzene rings is 2. The molecule has 0 radical (unpaired) electrons. The van der Waals surface area contributed by atoms with Crippen molar-refractivity contribution in [1.29, 1.82) is 0 Å². The molecule has 0 atom stereocenters. The van der Waals surface area contributed by atoms with Crippen molar-refractivity contribution >= 4 is 17.3 Å². The van der Waals surface area contributed by atoms with Gasteiger partial charge in [0.15, 0.2) is 11.5 Å². The van der Waals surface area contributed by atoms with Gasteiger partial charge in [-0.3, -0.25) is 4.79 Å². The second kappa shape index (κ2) is 9.49. The molecule has 2 aromatic rings. The van der Waals surface area contributed by atoms with Gasteiger partial charge in [0.05, 0.1) is 27.0 Å². The smallest absolute Gasteiger partial charge is 0.224 e. The van der Waals surface area contributed by atoms with Crippen molar-refractivity contribution < 1.29 is 23.4 Å². The Balaban J connectivity index is 1.71. The number of halogens is 1. The van der Waals surface area contributed by atoms with Crippen LogP contribution in [-0.4, -0.2) is 40.3 Å². The number of methoxy groups -OCH3 is 3. The van der Waals surface area contributed by atoms with Crippen molar-refractivity contribution in [2.45, 2.75) is 25.7 Å². The molecule has 0 spiro atoms. The standard InChI is InChI=1S/C22H27FN2O4/c1-27-18-13-15(14-19(28-2)22(18)29-3)9-10-20(26)24-21-16(23)7-6-8-17(21)25-11-4-5-12-25/h6-8,13-14H,4-5,9-12H2,1-3H3,(H,24,26). The number of aryl methyl sites for hydroxylation is 1. The fraction of sp³-hybridized carbons (Fsp3) is 0.409. The second-order valence-corrected chi connectivity index (χ2v) is 6.91. The highest BCUT2D eigenvalue weighted by Crippen LogP contribution is 2.38. The van der Waals surface area contributed by atoms with E-state index in [1.807, 2.05) is 18.2 Å². The largest absolute Gasteiger partial charge is 0.493 e. The Labute approximate surface area is 170 Å². The topological polar surface area (TPSA) is 60.0 Å². The summed E-state index contributed by atoms with van der Waals surface area (Å²) in [6, 6.07) is 8.52. The third-order valence-electron chi connectivity index (χ3n) is 5.07. The van der Waals surface area contributed by atoms with Gasteiger partial charge >= 0.3 is 0 Å². The van der Waals surface area contributed by atoms with E-state index in [1.54, 1.807) is 27.4 Å². The third-order valence-corrected chi connectivity index (χ3v) is 5.07. The average Bonchev–Trinajstić information content (AvgIpc) is 3.27. The second-order valence-electron chi connectivity index (χ2n) is 6.91. The van der Waals surface area contributed by atoms with Crippen molar-refractivity contribution in [1.82, 2.24) is 0 Å². The van der Waals surface area contributed by atoms with E-state index in [-0.39, 0.29) is 18.0 Å². The fourth-order valence-corrected chi connectivity index (χ4v) is 3.60. The summed E-state index contributed by atoms with van der Waals surface area (Å²) in [5.41, 5.74) is 1.86. The minimum absolute atomic E-state index is 0.201. The molecule has 1 aliphatic rings. The zero-order valence-corrected chi connectivity index (χ0v) is 17.1. The van der Waals surface area contributed by atoms with Crippen molar-refractivity contribution in [3.05, 3.63) is 41.7 Å². The molecule has 1 fully saturated rings. The molecule has 0 bridgehead atoms. The summed E-state index contributed by atoms with van der Waals surface area (Å²) in [7, 11) is 4.64. The van der Waals surface area contributed by atoms with Crippen LogP contribution in [0.25, 0.3) is 0 Å². The lowest BCUT2D eigenvalue weighted by atomic mass is 10.1. The number of ether oxygens (including phenoxy) is 3. The van der Waals surface area contributed by atoms with Crippen LogP contribution in [0, 0.1) is 5.82 Å². The van der Waals surface area contributed by atoms with Crippen LogP contribution in [0.5, 0.6) is 17.2 Å². The van der Waals surface area contributed by atoms with E-state index in [4.69, 9.17) is 14.2 Å². The summed E-state index contributed by atoms with van der Waals surface area (Å²) in [5, 5.41) is 2.76. The molecule has 1 N–H and O–H groups in total. The normalized spacial score (nSPS) is 13.3. The van der Waals surface area contributed by atoms with Crippen molar-refractivity contribution in [3.8, 4) is 17.2 Å². The molecular weight excluding hydrogens is 375 g/mol. The fourth-order valence-electron chi connectivity index (χ4n) is 3.60. The number of carbonyl (C=O) groups excluding carboxylic acids is 1. The van der Waals surface area contributed by atoms with Crippen LogP contribution in [0.2, 0.25) is 0 Å². The van der Waals surface area contributed by atoms with Crippen LogP contribution in [0.15, 0.2) is 30.3 Å². The molecule has 1 aliphatic heterocycles. The van der Waals surface area contributed by atoms with Gasteiger partial charge < -0.3 is 24.4 Å². The zero-order valence-electron chi connectivity index (χ0n) is 17.1. The maximum Gasteiger partial charge on any atom is 0.224 e. The summed E-state index contributed by atoms with van der Waals surface area (Å²) in [5.74, 6) is 0.907. The summed E-state index contributed by atoms with van der Waals surface area (Å²) in [6.07, 6.45) is 2.80. The van der Waals surface area contributed by atoms with Crippen LogP contribution in [0.3, 0.4) is 0 Å². The molecule has 1 saturated heterocycles. The van der Waals surface area contributed by atoms with E-state index in [0.29, 0.717) is 23.7 Å². The van der Waals surface area contributed by atoms with Gasteiger partial charge in [-0.15, -0.1) is 0 Å². The molecule has 2 aromatic carbocycles. The molecule has 1 amide bonds. The van der Waals surface area contributed by atoms with Gasteiger partial charge in [0.2, 0.25) is 11.7 Å². The lowest BCUT2D eigenvalue weighted by Gasteiger charge is -2.22. The van der Waals surface area contributed by atoms with Gasteiger partial charge in [-0.05, 0) is 49.1 Å². The first-order valence-electron chi connectivity index (χ1n) is 9.69. The molecule has 0 aromatic heterocycles. The van der Waals surface area contributed by atoms with Crippen LogP contribution in [0.1, 0.15) is 24.8 Å². The Hall–Kier alpha value is -2.96. The van der Waals surface area contributed by atoms with E-state index in [0.717, 1.165) is 37.2 Å². The number of nitrogens with zero attached hydrogens (tertiary/aromatic N) is 1. The van der Waals surface area contributed by atoms with Crippen LogP contribution in [-0.2, 0) is 11.2 Å². The Morgan fingerprint density at radius 3 is 2.31 bits per heavy atom. The number of hydrogen-bond donors (Lipinski definition) is 1. The number of rotatable bonds is 8. The van der Waals surface area contributed by atoms with Gasteiger partial charge in [0.1, 0.15) is 11.5 Å². The Morgan fingerprint density at radius 1 is 1.07 bits per heavy atom. The molecule has 1 heterocycles. The Morgan fingerprint density at radius 2 is 1.72 bits per heavy atom. The predicted octanol–water partition coefficient (Wildman–Crippen LogP) is 4.02. The van der Waals surface area contributed by atoms with Crippen molar-refractivity contribution in [3.63, 3.8) is 0 Å². The molecule has 0 unspecified atom stereocenters. The number of nitrogens with one attached hydrogen (secondary N) is 1. The molecule has 3 rings (SSSR count). The monoisotopic (exact) mass is 402 g/mol. The van der Waals surface area contributed by atoms with E-state index >= 15 is 0 Å². The van der Waals surface area contributed by atoms with Gasteiger partial charge in [-0.2, -0.15) is 0 Å². The molecule has 29 heavy (non-hydrogen) atoms. The van der Waals surface area contributed by atoms with Crippen LogP contribution < -0.4 is 24.4 Å². The quantitative estimate of drug-likeness (QED) is 0.723. The highest BCUT2D eigenvalue weighted by atomic mass is 19.1. The number of hydrogen-bond acceptors (Lipinski definition) is 5. The summed E-state index contributed by atoms with van der Waals surface area (Å²) in [4.78, 5) is 14.7. The maximum absolute atomic E-state index is 14.4. The van der Waals surface area contributed by atoms with Crippen LogP contribution in [0.4, 0.5) is 15.8 Å². The Bertz CT molecular complexity index is 841. The number of carbonyl (C=O) groups is 1. The lowest BCUT2D eigenvalue weighted by molar-refractivity contribution is -0.116. The lowest BCUT2D eigenvalue weighted by Crippen LogP contribution is -2.22.